The third kappa shape index (κ3) is 5.89. The summed E-state index contributed by atoms with van der Waals surface area (Å²) in [5.41, 5.74) is 0.957. The average molecular weight is 716 g/mol. The number of benzene rings is 2. The molecule has 0 saturated heterocycles. The molecule has 2 atom stereocenters. The van der Waals surface area contributed by atoms with Gasteiger partial charge in [-0.2, -0.15) is 4.39 Å². The zero-order valence-electron chi connectivity index (χ0n) is 28.8. The number of pyridine rings is 1. The topological polar surface area (TPSA) is 155 Å². The van der Waals surface area contributed by atoms with Crippen LogP contribution in [0.5, 0.6) is 0 Å². The minimum Gasteiger partial charge on any atom is -0.444 e. The lowest BCUT2D eigenvalue weighted by Gasteiger charge is -2.22. The number of aliphatic hydroxyl groups is 1. The molecule has 2 aromatic carbocycles. The van der Waals surface area contributed by atoms with E-state index in [1.807, 2.05) is 0 Å². The van der Waals surface area contributed by atoms with Crippen molar-refractivity contribution in [3.05, 3.63) is 89.0 Å². The Morgan fingerprint density at radius 1 is 1.10 bits per heavy atom. The van der Waals surface area contributed by atoms with Crippen LogP contribution in [-0.4, -0.2) is 59.1 Å². The Hall–Kier alpha value is -5.28. The van der Waals surface area contributed by atoms with E-state index in [0.29, 0.717) is 52.4 Å². The van der Waals surface area contributed by atoms with Crippen LogP contribution in [-0.2, 0) is 35.5 Å². The summed E-state index contributed by atoms with van der Waals surface area (Å²) in [5, 5.41) is 17.3. The molecule has 266 valence electrons. The van der Waals surface area contributed by atoms with E-state index < -0.39 is 33.7 Å². The van der Waals surface area contributed by atoms with Gasteiger partial charge in [-0.3, -0.25) is 13.8 Å². The van der Waals surface area contributed by atoms with Gasteiger partial charge in [0.15, 0.2) is 5.65 Å². The molecule has 1 aliphatic rings. The smallest absolute Gasteiger partial charge is 0.407 e. The van der Waals surface area contributed by atoms with Crippen LogP contribution in [0.2, 0.25) is 0 Å². The summed E-state index contributed by atoms with van der Waals surface area (Å²) in [6, 6.07) is 14.0. The first-order valence-electron chi connectivity index (χ1n) is 16.5. The second kappa shape index (κ2) is 12.5. The molecular formula is C36H38FN7O6S. The highest BCUT2D eigenvalue weighted by Crippen LogP contribution is 2.46. The van der Waals surface area contributed by atoms with Crippen LogP contribution in [0.25, 0.3) is 44.5 Å². The molecule has 6 aromatic rings. The SMILES string of the molecule is Cn1cc(-c2c(-c3cccc(CO)c3)c3c(ncc4c3n([C@@H]3CC[C@@H](NC(=O)OC(C)(C)C)C3)c(=O)n4C)n2S(=O)(=O)c2ccccc2)c(F)n1. The van der Waals surface area contributed by atoms with Crippen LogP contribution < -0.4 is 11.0 Å². The zero-order chi connectivity index (χ0) is 36.4. The van der Waals surface area contributed by atoms with Gasteiger partial charge in [0.05, 0.1) is 45.4 Å². The summed E-state index contributed by atoms with van der Waals surface area (Å²) < 4.78 is 56.2. The van der Waals surface area contributed by atoms with Gasteiger partial charge >= 0.3 is 11.8 Å². The number of aromatic nitrogens is 6. The number of halogens is 1. The Morgan fingerprint density at radius 3 is 2.51 bits per heavy atom. The van der Waals surface area contributed by atoms with Gasteiger partial charge in [0.1, 0.15) is 5.60 Å². The van der Waals surface area contributed by atoms with E-state index in [1.165, 1.54) is 40.8 Å². The maximum atomic E-state index is 15.9. The van der Waals surface area contributed by atoms with Crippen LogP contribution in [0.1, 0.15) is 51.6 Å². The molecule has 2 N–H and O–H groups in total. The van der Waals surface area contributed by atoms with E-state index >= 15 is 4.39 Å². The van der Waals surface area contributed by atoms with Gasteiger partial charge < -0.3 is 15.2 Å². The Kier molecular flexibility index (Phi) is 8.37. The summed E-state index contributed by atoms with van der Waals surface area (Å²) in [6.45, 7) is 5.04. The number of ether oxygens (including phenoxy) is 1. The number of aryl methyl sites for hydroxylation is 2. The number of amides is 1. The van der Waals surface area contributed by atoms with E-state index in [2.05, 4.69) is 15.4 Å². The predicted molar refractivity (Wildman–Crippen MR) is 189 cm³/mol. The molecule has 0 radical (unpaired) electrons. The van der Waals surface area contributed by atoms with Crippen molar-refractivity contribution in [2.75, 3.05) is 0 Å². The number of nitrogens with one attached hydrogen (secondary N) is 1. The molecule has 0 aliphatic heterocycles. The van der Waals surface area contributed by atoms with Gasteiger partial charge in [-0.1, -0.05) is 36.4 Å². The van der Waals surface area contributed by atoms with Crippen LogP contribution in [0.3, 0.4) is 0 Å². The summed E-state index contributed by atoms with van der Waals surface area (Å²) in [6.07, 6.45) is 3.81. The first kappa shape index (κ1) is 34.2. The fourth-order valence-electron chi connectivity index (χ4n) is 7.08. The standard InChI is InChI=1S/C36H38FN7O6S/c1-36(2,3)50-34(46)39-23-14-15-24(17-23)43-31-27(42(5)35(43)47)18-38-33-29(31)28(22-11-9-10-21(16-22)20-45)30(26-19-41(4)40-32(26)37)44(33)51(48,49)25-12-7-6-8-13-25/h6-13,16,18-19,23-24,45H,14-15,17,20H2,1-5H3,(H,39,46)/t23-,24-/m1/s1. The Balaban J connectivity index is 1.57. The largest absolute Gasteiger partial charge is 0.444 e. The normalized spacial score (nSPS) is 16.7. The zero-order valence-corrected chi connectivity index (χ0v) is 29.6. The van der Waals surface area contributed by atoms with Gasteiger partial charge in [0.2, 0.25) is 5.95 Å². The van der Waals surface area contributed by atoms with Crippen LogP contribution >= 0.6 is 0 Å². The third-order valence-corrected chi connectivity index (χ3v) is 10.9. The molecule has 13 nitrogen and oxygen atoms in total. The molecule has 0 spiro atoms. The predicted octanol–water partition coefficient (Wildman–Crippen LogP) is 5.24. The monoisotopic (exact) mass is 715 g/mol. The summed E-state index contributed by atoms with van der Waals surface area (Å²) >= 11 is 0. The lowest BCUT2D eigenvalue weighted by Crippen LogP contribution is -2.38. The lowest BCUT2D eigenvalue weighted by molar-refractivity contribution is 0.0504. The molecule has 0 bridgehead atoms. The molecule has 15 heteroatoms. The molecular weight excluding hydrogens is 678 g/mol. The van der Waals surface area contributed by atoms with Crippen molar-refractivity contribution in [3.8, 4) is 22.4 Å². The fraction of sp³-hybridized carbons (Fsp3) is 0.333. The summed E-state index contributed by atoms with van der Waals surface area (Å²) in [5.74, 6) is -0.905. The van der Waals surface area contributed by atoms with Crippen molar-refractivity contribution in [2.24, 2.45) is 14.1 Å². The number of nitrogens with zero attached hydrogens (tertiary/aromatic N) is 6. The number of hydrogen-bond donors (Lipinski definition) is 2. The Bertz CT molecular complexity index is 2490. The highest BCUT2D eigenvalue weighted by atomic mass is 32.2. The maximum absolute atomic E-state index is 15.9. The van der Waals surface area contributed by atoms with Crippen molar-refractivity contribution in [3.63, 3.8) is 0 Å². The highest BCUT2D eigenvalue weighted by Gasteiger charge is 2.37. The molecule has 7 rings (SSSR count). The number of imidazole rings is 1. The molecule has 51 heavy (non-hydrogen) atoms. The molecule has 1 amide bonds. The number of alkyl carbamates (subject to hydrolysis) is 1. The third-order valence-electron chi connectivity index (χ3n) is 9.20. The first-order chi connectivity index (χ1) is 24.2. The number of carbonyl (C=O) groups is 1. The van der Waals surface area contributed by atoms with E-state index in [0.717, 1.165) is 3.97 Å². The second-order valence-corrected chi connectivity index (χ2v) is 15.7. The number of rotatable bonds is 7. The van der Waals surface area contributed by atoms with Crippen molar-refractivity contribution in [2.45, 2.75) is 69.2 Å². The minimum atomic E-state index is -4.45. The number of aliphatic hydroxyl groups excluding tert-OH is 1. The van der Waals surface area contributed by atoms with Gasteiger partial charge in [-0.15, -0.1) is 5.10 Å². The summed E-state index contributed by atoms with van der Waals surface area (Å²) in [7, 11) is -1.30. The van der Waals surface area contributed by atoms with Crippen LogP contribution in [0.15, 0.2) is 76.7 Å². The number of fused-ring (bicyclic) bond motifs is 3. The van der Waals surface area contributed by atoms with Gasteiger partial charge in [-0.25, -0.2) is 27.0 Å². The van der Waals surface area contributed by atoms with Crippen LogP contribution in [0, 0.1) is 5.95 Å². The van der Waals surface area contributed by atoms with Crippen LogP contribution in [0.4, 0.5) is 9.18 Å². The fourth-order valence-corrected chi connectivity index (χ4v) is 8.59. The molecule has 1 saturated carbocycles. The van der Waals surface area contributed by atoms with Gasteiger partial charge in [-0.05, 0) is 69.4 Å². The van der Waals surface area contributed by atoms with E-state index in [-0.39, 0.29) is 40.1 Å². The quantitative estimate of drug-likeness (QED) is 0.227. The second-order valence-electron chi connectivity index (χ2n) is 13.9. The van der Waals surface area contributed by atoms with E-state index in [9.17, 15) is 23.1 Å². The lowest BCUT2D eigenvalue weighted by atomic mass is 9.98. The Labute approximate surface area is 293 Å². The van der Waals surface area contributed by atoms with E-state index in [4.69, 9.17) is 4.74 Å². The average Bonchev–Trinajstić information content (AvgIpc) is 3.83. The molecule has 4 heterocycles. The van der Waals surface area contributed by atoms with Gasteiger partial charge in [0, 0.05) is 37.9 Å². The first-order valence-corrected chi connectivity index (χ1v) is 18.0. The number of carbonyl (C=O) groups excluding carboxylic acids is 1. The minimum absolute atomic E-state index is 0.0187. The van der Waals surface area contributed by atoms with Crippen molar-refractivity contribution in [1.82, 2.24) is 33.2 Å². The highest BCUT2D eigenvalue weighted by molar-refractivity contribution is 7.90. The maximum Gasteiger partial charge on any atom is 0.407 e. The van der Waals surface area contributed by atoms with Gasteiger partial charge in [0.25, 0.3) is 10.0 Å². The Morgan fingerprint density at radius 2 is 1.84 bits per heavy atom. The van der Waals surface area contributed by atoms with Crippen molar-refractivity contribution >= 4 is 38.2 Å². The number of hydrogen-bond acceptors (Lipinski definition) is 8. The van der Waals surface area contributed by atoms with Crippen molar-refractivity contribution in [1.29, 1.82) is 0 Å². The molecule has 4 aromatic heterocycles. The molecule has 1 fully saturated rings. The molecule has 0 unspecified atom stereocenters. The summed E-state index contributed by atoms with van der Waals surface area (Å²) in [4.78, 5) is 31.5. The van der Waals surface area contributed by atoms with Crippen molar-refractivity contribution < 1.29 is 27.4 Å². The molecule has 1 aliphatic carbocycles. The van der Waals surface area contributed by atoms with E-state index in [1.54, 1.807) is 74.9 Å².